The van der Waals surface area contributed by atoms with Crippen LogP contribution in [0.1, 0.15) is 22.5 Å². The Kier molecular flexibility index (Phi) is 9.07. The van der Waals surface area contributed by atoms with Crippen LogP contribution in [0.2, 0.25) is 5.02 Å². The van der Waals surface area contributed by atoms with Gasteiger partial charge < -0.3 is 15.2 Å². The van der Waals surface area contributed by atoms with E-state index in [1.165, 1.54) is 23.4 Å². The molecule has 0 unspecified atom stereocenters. The zero-order valence-electron chi connectivity index (χ0n) is 19.0. The number of aryl methyl sites for hydroxylation is 2. The summed E-state index contributed by atoms with van der Waals surface area (Å²) in [6, 6.07) is 13.1. The van der Waals surface area contributed by atoms with Crippen molar-refractivity contribution in [2.45, 2.75) is 32.1 Å². The summed E-state index contributed by atoms with van der Waals surface area (Å²) in [6.45, 7) is 8.44. The Hall–Kier alpha value is -3.36. The van der Waals surface area contributed by atoms with Gasteiger partial charge in [-0.3, -0.25) is 9.59 Å². The summed E-state index contributed by atoms with van der Waals surface area (Å²) in [7, 11) is 0. The topological polar surface area (TPSA) is 88.9 Å². The standard InChI is InChI=1S/C25H26ClN5O2S/c1-4-13-31-22(15-27-23(32)12-10-19-7-5-6-8-21(19)26)29-30-25(31)34-16-24(33)28-20-11-9-17(2)18(3)14-20/h4-12,14H,1,13,15-16H2,2-3H3,(H,27,32)(H,28,33). The highest BCUT2D eigenvalue weighted by Gasteiger charge is 2.14. The fraction of sp³-hybridized carbons (Fsp3) is 0.200. The molecule has 176 valence electrons. The first-order valence-electron chi connectivity index (χ1n) is 10.6. The Morgan fingerprint density at radius 3 is 2.68 bits per heavy atom. The number of nitrogens with one attached hydrogen (secondary N) is 2. The van der Waals surface area contributed by atoms with Gasteiger partial charge in [-0.15, -0.1) is 16.8 Å². The molecule has 7 nitrogen and oxygen atoms in total. The van der Waals surface area contributed by atoms with Gasteiger partial charge in [-0.25, -0.2) is 0 Å². The molecule has 0 spiro atoms. The lowest BCUT2D eigenvalue weighted by molar-refractivity contribution is -0.116. The highest BCUT2D eigenvalue weighted by Crippen LogP contribution is 2.19. The molecule has 1 heterocycles. The SMILES string of the molecule is C=CCn1c(CNC(=O)C=Cc2ccccc2Cl)nnc1SCC(=O)Nc1ccc(C)c(C)c1. The molecule has 2 aromatic carbocycles. The molecule has 34 heavy (non-hydrogen) atoms. The molecule has 3 rings (SSSR count). The van der Waals surface area contributed by atoms with E-state index < -0.39 is 0 Å². The Bertz CT molecular complexity index is 1220. The maximum atomic E-state index is 12.4. The van der Waals surface area contributed by atoms with Gasteiger partial charge in [0.05, 0.1) is 12.3 Å². The van der Waals surface area contributed by atoms with Crippen LogP contribution in [0.3, 0.4) is 0 Å². The molecule has 0 aliphatic carbocycles. The number of rotatable bonds is 10. The number of benzene rings is 2. The summed E-state index contributed by atoms with van der Waals surface area (Å²) in [4.78, 5) is 24.6. The van der Waals surface area contributed by atoms with Crippen LogP contribution >= 0.6 is 23.4 Å². The Morgan fingerprint density at radius 2 is 1.94 bits per heavy atom. The predicted molar refractivity (Wildman–Crippen MR) is 138 cm³/mol. The van der Waals surface area contributed by atoms with E-state index in [1.807, 2.05) is 54.8 Å². The van der Waals surface area contributed by atoms with Crippen LogP contribution in [0.5, 0.6) is 0 Å². The van der Waals surface area contributed by atoms with E-state index in [0.29, 0.717) is 22.5 Å². The second-order valence-corrected chi connectivity index (χ2v) is 8.86. The molecule has 0 saturated heterocycles. The van der Waals surface area contributed by atoms with Gasteiger partial charge in [0.1, 0.15) is 0 Å². The molecule has 2 amide bonds. The van der Waals surface area contributed by atoms with E-state index in [-0.39, 0.29) is 24.1 Å². The summed E-state index contributed by atoms with van der Waals surface area (Å²) in [5, 5.41) is 15.2. The van der Waals surface area contributed by atoms with Gasteiger partial charge in [0.15, 0.2) is 11.0 Å². The second-order valence-electron chi connectivity index (χ2n) is 7.51. The normalized spacial score (nSPS) is 10.9. The average molecular weight is 496 g/mol. The van der Waals surface area contributed by atoms with Crippen molar-refractivity contribution in [1.82, 2.24) is 20.1 Å². The third-order valence-electron chi connectivity index (χ3n) is 4.97. The molecule has 3 aromatic rings. The molecule has 0 atom stereocenters. The number of thioether (sulfide) groups is 1. The van der Waals surface area contributed by atoms with Gasteiger partial charge in [0.2, 0.25) is 11.8 Å². The first kappa shape index (κ1) is 25.3. The molecule has 0 fully saturated rings. The monoisotopic (exact) mass is 495 g/mol. The molecule has 9 heteroatoms. The fourth-order valence-electron chi connectivity index (χ4n) is 3.02. The van der Waals surface area contributed by atoms with Gasteiger partial charge in [0, 0.05) is 23.3 Å². The zero-order chi connectivity index (χ0) is 24.5. The highest BCUT2D eigenvalue weighted by molar-refractivity contribution is 7.99. The summed E-state index contributed by atoms with van der Waals surface area (Å²) in [5.41, 5.74) is 3.80. The number of carbonyl (C=O) groups excluding carboxylic acids is 2. The lowest BCUT2D eigenvalue weighted by atomic mass is 10.1. The van der Waals surface area contributed by atoms with Crippen molar-refractivity contribution >= 4 is 46.9 Å². The maximum absolute atomic E-state index is 12.4. The predicted octanol–water partition coefficient (Wildman–Crippen LogP) is 4.79. The lowest BCUT2D eigenvalue weighted by Crippen LogP contribution is -2.23. The minimum absolute atomic E-state index is 0.138. The molecule has 2 N–H and O–H groups in total. The minimum atomic E-state index is -0.282. The number of allylic oxidation sites excluding steroid dienone is 1. The van der Waals surface area contributed by atoms with Gasteiger partial charge in [-0.1, -0.05) is 53.7 Å². The largest absolute Gasteiger partial charge is 0.345 e. The van der Waals surface area contributed by atoms with E-state index in [0.717, 1.165) is 16.8 Å². The zero-order valence-corrected chi connectivity index (χ0v) is 20.6. The quantitative estimate of drug-likeness (QED) is 0.240. The molecule has 0 aliphatic heterocycles. The van der Waals surface area contributed by atoms with E-state index >= 15 is 0 Å². The number of amides is 2. The first-order valence-corrected chi connectivity index (χ1v) is 12.0. The maximum Gasteiger partial charge on any atom is 0.244 e. The van der Waals surface area contributed by atoms with Gasteiger partial charge in [-0.2, -0.15) is 0 Å². The first-order chi connectivity index (χ1) is 16.4. The van der Waals surface area contributed by atoms with Gasteiger partial charge in [0.25, 0.3) is 0 Å². The van der Waals surface area contributed by atoms with Crippen LogP contribution in [-0.2, 0) is 22.7 Å². The van der Waals surface area contributed by atoms with Crippen LogP contribution in [0, 0.1) is 13.8 Å². The van der Waals surface area contributed by atoms with Crippen molar-refractivity contribution in [2.24, 2.45) is 0 Å². The highest BCUT2D eigenvalue weighted by atomic mass is 35.5. The Balaban J connectivity index is 1.57. The van der Waals surface area contributed by atoms with Gasteiger partial charge >= 0.3 is 0 Å². The molecule has 0 aliphatic rings. The van der Waals surface area contributed by atoms with Crippen molar-refractivity contribution < 1.29 is 9.59 Å². The molecule has 1 aromatic heterocycles. The number of halogens is 1. The van der Waals surface area contributed by atoms with Crippen LogP contribution in [0.4, 0.5) is 5.69 Å². The van der Waals surface area contributed by atoms with E-state index in [1.54, 1.807) is 18.2 Å². The van der Waals surface area contributed by atoms with Crippen molar-refractivity contribution in [3.05, 3.63) is 88.7 Å². The van der Waals surface area contributed by atoms with Crippen LogP contribution in [-0.4, -0.2) is 32.3 Å². The summed E-state index contributed by atoms with van der Waals surface area (Å²) in [6.07, 6.45) is 4.79. The second kappa shape index (κ2) is 12.2. The fourth-order valence-corrected chi connectivity index (χ4v) is 3.98. The van der Waals surface area contributed by atoms with E-state index in [9.17, 15) is 9.59 Å². The van der Waals surface area contributed by atoms with E-state index in [4.69, 9.17) is 11.6 Å². The van der Waals surface area contributed by atoms with Crippen LogP contribution < -0.4 is 10.6 Å². The lowest BCUT2D eigenvalue weighted by Gasteiger charge is -2.09. The summed E-state index contributed by atoms with van der Waals surface area (Å²) < 4.78 is 1.82. The van der Waals surface area contributed by atoms with Crippen LogP contribution in [0.25, 0.3) is 6.08 Å². The van der Waals surface area contributed by atoms with Crippen molar-refractivity contribution in [2.75, 3.05) is 11.1 Å². The molecule has 0 radical (unpaired) electrons. The molecular weight excluding hydrogens is 470 g/mol. The van der Waals surface area contributed by atoms with Crippen molar-refractivity contribution in [3.63, 3.8) is 0 Å². The van der Waals surface area contributed by atoms with Crippen molar-refractivity contribution in [1.29, 1.82) is 0 Å². The third-order valence-corrected chi connectivity index (χ3v) is 6.28. The Labute approximate surface area is 208 Å². The number of carbonyl (C=O) groups is 2. The Morgan fingerprint density at radius 1 is 1.15 bits per heavy atom. The minimum Gasteiger partial charge on any atom is -0.345 e. The summed E-state index contributed by atoms with van der Waals surface area (Å²) in [5.74, 6) is 0.322. The number of aromatic nitrogens is 3. The van der Waals surface area contributed by atoms with Crippen molar-refractivity contribution in [3.8, 4) is 0 Å². The number of anilines is 1. The third kappa shape index (κ3) is 7.07. The molecular formula is C25H26ClN5O2S. The number of nitrogens with zero attached hydrogens (tertiary/aromatic N) is 3. The van der Waals surface area contributed by atoms with Gasteiger partial charge in [-0.05, 0) is 54.8 Å². The average Bonchev–Trinajstić information content (AvgIpc) is 3.20. The van der Waals surface area contributed by atoms with Crippen LogP contribution in [0.15, 0.2) is 66.4 Å². The number of hydrogen-bond donors (Lipinski definition) is 2. The molecule has 0 bridgehead atoms. The summed E-state index contributed by atoms with van der Waals surface area (Å²) >= 11 is 7.38. The number of hydrogen-bond acceptors (Lipinski definition) is 5. The smallest absolute Gasteiger partial charge is 0.244 e. The van der Waals surface area contributed by atoms with E-state index in [2.05, 4.69) is 27.4 Å². The molecule has 0 saturated carbocycles.